The number of hydrogen-bond donors (Lipinski definition) is 7. The van der Waals surface area contributed by atoms with Crippen molar-refractivity contribution in [1.29, 1.82) is 0 Å². The highest BCUT2D eigenvalue weighted by atomic mass is 31.3. The van der Waals surface area contributed by atoms with E-state index in [1.807, 2.05) is 0 Å². The van der Waals surface area contributed by atoms with Crippen LogP contribution in [0.15, 0.2) is 27.6 Å². The lowest BCUT2D eigenvalue weighted by Gasteiger charge is -2.32. The number of phosphoric acid groups is 3. The minimum absolute atomic E-state index is 0.0787. The first kappa shape index (κ1) is 27.4. The fourth-order valence-corrected chi connectivity index (χ4v) is 6.33. The Morgan fingerprint density at radius 2 is 1.88 bits per heavy atom. The third kappa shape index (κ3) is 6.13. The first-order valence-corrected chi connectivity index (χ1v) is 13.7. The molecule has 3 heterocycles. The Bertz CT molecular complexity index is 1060. The number of ether oxygens (including phenoxy) is 1. The maximum atomic E-state index is 11.9. The molecule has 0 radical (unpaired) electrons. The van der Waals surface area contributed by atoms with Gasteiger partial charge in [0.2, 0.25) is 0 Å². The van der Waals surface area contributed by atoms with Gasteiger partial charge in [-0.15, -0.1) is 6.58 Å². The molecule has 3 unspecified atom stereocenters. The van der Waals surface area contributed by atoms with Crippen molar-refractivity contribution in [3.05, 3.63) is 12.7 Å². The van der Waals surface area contributed by atoms with E-state index in [1.54, 1.807) is 0 Å². The lowest BCUT2D eigenvalue weighted by molar-refractivity contribution is -0.0680. The molecule has 3 aliphatic rings. The van der Waals surface area contributed by atoms with Crippen molar-refractivity contribution in [3.8, 4) is 0 Å². The van der Waals surface area contributed by atoms with Crippen molar-refractivity contribution in [3.63, 3.8) is 0 Å². The number of amidine groups is 1. The summed E-state index contributed by atoms with van der Waals surface area (Å²) in [5.41, 5.74) is 5.28. The number of aliphatic hydroxyl groups is 2. The Balaban J connectivity index is 1.65. The van der Waals surface area contributed by atoms with E-state index in [2.05, 4.69) is 34.7 Å². The Kier molecular flexibility index (Phi) is 7.80. The summed E-state index contributed by atoms with van der Waals surface area (Å²) in [7, 11) is -16.7. The van der Waals surface area contributed by atoms with Gasteiger partial charge in [0.15, 0.2) is 17.7 Å². The van der Waals surface area contributed by atoms with Crippen LogP contribution in [-0.4, -0.2) is 96.1 Å². The zero-order valence-electron chi connectivity index (χ0n) is 17.0. The van der Waals surface area contributed by atoms with E-state index in [0.717, 1.165) is 0 Å². The molecule has 0 aromatic carbocycles. The molecule has 0 aromatic heterocycles. The average Bonchev–Trinajstić information content (AvgIpc) is 3.21. The number of aliphatic imine (C=N–C) groups is 3. The van der Waals surface area contributed by atoms with Crippen LogP contribution in [0.4, 0.5) is 0 Å². The number of rotatable bonds is 10. The number of hydrogen-bond acceptors (Lipinski definition) is 14. The maximum absolute atomic E-state index is 11.9. The topological polar surface area (TPSA) is 276 Å². The summed E-state index contributed by atoms with van der Waals surface area (Å²) in [5.74, 6) is 0.212. The van der Waals surface area contributed by atoms with E-state index in [9.17, 15) is 33.7 Å². The minimum Gasteiger partial charge on any atom is -0.387 e. The van der Waals surface area contributed by atoms with Gasteiger partial charge >= 0.3 is 23.5 Å². The molecule has 18 nitrogen and oxygen atoms in total. The molecule has 1 fully saturated rings. The Hall–Kier alpha value is -1.20. The summed E-state index contributed by atoms with van der Waals surface area (Å²) in [4.78, 5) is 49.6. The van der Waals surface area contributed by atoms with Crippen LogP contribution in [0.25, 0.3) is 0 Å². The summed E-state index contributed by atoms with van der Waals surface area (Å²) in [6.45, 7) is 2.58. The van der Waals surface area contributed by atoms with Crippen LogP contribution in [0.3, 0.4) is 0 Å². The molecule has 8 N–H and O–H groups in total. The van der Waals surface area contributed by atoms with Crippen molar-refractivity contribution in [1.82, 2.24) is 4.90 Å². The maximum Gasteiger partial charge on any atom is 0.490 e. The molecule has 3 rings (SSSR count). The molecule has 0 amide bonds. The molecular formula is C13H22N5O13P3. The van der Waals surface area contributed by atoms with Gasteiger partial charge in [-0.1, -0.05) is 6.08 Å². The van der Waals surface area contributed by atoms with Gasteiger partial charge in [0.1, 0.15) is 37.0 Å². The molecule has 7 atom stereocenters. The van der Waals surface area contributed by atoms with Crippen molar-refractivity contribution in [2.24, 2.45) is 20.7 Å². The van der Waals surface area contributed by atoms with Crippen LogP contribution in [0.2, 0.25) is 0 Å². The van der Waals surface area contributed by atoms with Gasteiger partial charge in [0, 0.05) is 6.42 Å². The second-order valence-electron chi connectivity index (χ2n) is 7.17. The van der Waals surface area contributed by atoms with Crippen LogP contribution >= 0.6 is 23.5 Å². The summed E-state index contributed by atoms with van der Waals surface area (Å²) >= 11 is 0. The highest BCUT2D eigenvalue weighted by Gasteiger charge is 2.51. The second-order valence-corrected chi connectivity index (χ2v) is 11.6. The molecule has 1 saturated heterocycles. The number of phosphoric ester groups is 1. The van der Waals surface area contributed by atoms with Crippen LogP contribution in [0.5, 0.6) is 0 Å². The fraction of sp³-hybridized carbons (Fsp3) is 0.615. The van der Waals surface area contributed by atoms with Gasteiger partial charge in [-0.3, -0.25) is 9.52 Å². The van der Waals surface area contributed by atoms with E-state index in [4.69, 9.17) is 20.3 Å². The monoisotopic (exact) mass is 549 g/mol. The third-order valence-electron chi connectivity index (χ3n) is 4.66. The quantitative estimate of drug-likeness (QED) is 0.116. The lowest BCUT2D eigenvalue weighted by atomic mass is 9.99. The first-order chi connectivity index (χ1) is 15.6. The van der Waals surface area contributed by atoms with Crippen molar-refractivity contribution >= 4 is 41.4 Å². The van der Waals surface area contributed by atoms with Crippen molar-refractivity contribution in [2.45, 2.75) is 36.6 Å². The van der Waals surface area contributed by atoms with Crippen LogP contribution < -0.4 is 5.73 Å². The molecular weight excluding hydrogens is 527 g/mol. The SMILES string of the molecule is C=CCC1(N)N=CN=C2C1=NCN2[C@@H]1O[C@H](COP(=O)(O)OP(=O)(O)OP(=O)(O)O)[C@@H](O)[C@H]1O. The van der Waals surface area contributed by atoms with E-state index < -0.39 is 60.3 Å². The van der Waals surface area contributed by atoms with Crippen molar-refractivity contribution < 1.29 is 61.4 Å². The molecule has 192 valence electrons. The second kappa shape index (κ2) is 9.69. The minimum atomic E-state index is -5.71. The zero-order chi connectivity index (χ0) is 25.5. The predicted molar refractivity (Wildman–Crippen MR) is 112 cm³/mol. The summed E-state index contributed by atoms with van der Waals surface area (Å²) in [6.07, 6.45) is -3.01. The Morgan fingerprint density at radius 1 is 1.21 bits per heavy atom. The van der Waals surface area contributed by atoms with Gasteiger partial charge in [0.05, 0.1) is 6.61 Å². The molecule has 34 heavy (non-hydrogen) atoms. The van der Waals surface area contributed by atoms with Crippen LogP contribution in [0, 0.1) is 0 Å². The van der Waals surface area contributed by atoms with Gasteiger partial charge in [-0.05, 0) is 0 Å². The summed E-state index contributed by atoms with van der Waals surface area (Å²) in [5, 5.41) is 20.7. The predicted octanol–water partition coefficient (Wildman–Crippen LogP) is -1.84. The Labute approximate surface area is 191 Å². The molecule has 0 bridgehead atoms. The number of nitrogens with two attached hydrogens (primary N) is 1. The van der Waals surface area contributed by atoms with Crippen molar-refractivity contribution in [2.75, 3.05) is 13.3 Å². The third-order valence-corrected chi connectivity index (χ3v) is 8.46. The van der Waals surface area contributed by atoms with E-state index in [-0.39, 0.29) is 24.6 Å². The van der Waals surface area contributed by atoms with Gasteiger partial charge < -0.3 is 45.2 Å². The Morgan fingerprint density at radius 3 is 2.50 bits per heavy atom. The fourth-order valence-electron chi connectivity index (χ4n) is 3.30. The highest BCUT2D eigenvalue weighted by Crippen LogP contribution is 2.66. The van der Waals surface area contributed by atoms with Crippen LogP contribution in [0.1, 0.15) is 6.42 Å². The van der Waals surface area contributed by atoms with E-state index in [1.165, 1.54) is 17.3 Å². The van der Waals surface area contributed by atoms with E-state index >= 15 is 0 Å². The molecule has 0 aromatic rings. The summed E-state index contributed by atoms with van der Waals surface area (Å²) in [6, 6.07) is 0. The highest BCUT2D eigenvalue weighted by molar-refractivity contribution is 7.66. The van der Waals surface area contributed by atoms with Gasteiger partial charge in [-0.2, -0.15) is 8.62 Å². The average molecular weight is 549 g/mol. The zero-order valence-corrected chi connectivity index (χ0v) is 19.7. The molecule has 0 spiro atoms. The first-order valence-electron chi connectivity index (χ1n) is 9.21. The largest absolute Gasteiger partial charge is 0.490 e. The normalized spacial score (nSPS) is 34.7. The number of aliphatic hydroxyl groups excluding tert-OH is 2. The van der Waals surface area contributed by atoms with Crippen LogP contribution in [-0.2, 0) is 31.6 Å². The summed E-state index contributed by atoms with van der Waals surface area (Å²) < 4.78 is 51.1. The number of nitrogens with zero attached hydrogens (tertiary/aromatic N) is 4. The van der Waals surface area contributed by atoms with E-state index in [0.29, 0.717) is 0 Å². The van der Waals surface area contributed by atoms with Gasteiger partial charge in [-0.25, -0.2) is 23.7 Å². The smallest absolute Gasteiger partial charge is 0.387 e. The molecule has 3 aliphatic heterocycles. The lowest BCUT2D eigenvalue weighted by Crippen LogP contribution is -2.55. The standard InChI is InChI=1S/C13H22N5O13P3/c1-2-3-13(14)10-11(15-5-17-13)18(6-16-10)12-9(20)8(19)7(29-12)4-28-33(24,25)31-34(26,27)30-32(21,22)23/h2,5,7-9,12,19-20H,1,3-4,6,14H2,(H,24,25)(H,26,27)(H2,21,22,23)/t7-,8-,9-,12-,13?/m1/s1. The molecule has 0 saturated carbocycles. The number of fused-ring (bicyclic) bond motifs is 1. The van der Waals surface area contributed by atoms with Gasteiger partial charge in [0.25, 0.3) is 0 Å². The molecule has 0 aliphatic carbocycles. The molecule has 21 heteroatoms.